The number of hydrogen-bond acceptors (Lipinski definition) is 4. The third kappa shape index (κ3) is 5.21. The van der Waals surface area contributed by atoms with Gasteiger partial charge in [-0.05, 0) is 38.5 Å². The van der Waals surface area contributed by atoms with E-state index < -0.39 is 0 Å². The van der Waals surface area contributed by atoms with Crippen molar-refractivity contribution in [2.45, 2.75) is 82.8 Å². The van der Waals surface area contributed by atoms with Gasteiger partial charge in [0, 0.05) is 12.8 Å². The van der Waals surface area contributed by atoms with Crippen molar-refractivity contribution < 1.29 is 19.1 Å². The van der Waals surface area contributed by atoms with Gasteiger partial charge in [0.2, 0.25) is 0 Å². The summed E-state index contributed by atoms with van der Waals surface area (Å²) in [5.74, 6) is -0.0628. The minimum atomic E-state index is -0.0314. The van der Waals surface area contributed by atoms with Gasteiger partial charge in [0.15, 0.2) is 0 Å². The summed E-state index contributed by atoms with van der Waals surface area (Å²) in [6.07, 6.45) is 11.4. The van der Waals surface area contributed by atoms with Gasteiger partial charge in [-0.1, -0.05) is 19.3 Å². The van der Waals surface area contributed by atoms with Crippen LogP contribution in [0.3, 0.4) is 0 Å². The first-order valence-electron chi connectivity index (χ1n) is 7.63. The van der Waals surface area contributed by atoms with Gasteiger partial charge in [0.25, 0.3) is 0 Å². The summed E-state index contributed by atoms with van der Waals surface area (Å²) in [5.41, 5.74) is 0. The molecule has 0 spiro atoms. The Bertz CT molecular complexity index is 283. The van der Waals surface area contributed by atoms with Crippen LogP contribution in [0.15, 0.2) is 0 Å². The van der Waals surface area contributed by atoms with Crippen molar-refractivity contribution in [2.75, 3.05) is 0 Å². The summed E-state index contributed by atoms with van der Waals surface area (Å²) >= 11 is 0. The normalized spacial score (nSPS) is 26.5. The molecule has 4 nitrogen and oxygen atoms in total. The molecule has 2 aliphatic heterocycles. The molecule has 0 amide bonds. The monoisotopic (exact) mass is 268 g/mol. The number of unbranched alkanes of at least 4 members (excludes halogenated alkanes) is 4. The van der Waals surface area contributed by atoms with Crippen LogP contribution in [-0.4, -0.2) is 24.1 Å². The molecule has 0 bridgehead atoms. The van der Waals surface area contributed by atoms with Gasteiger partial charge in [-0.3, -0.25) is 9.59 Å². The average molecular weight is 268 g/mol. The number of esters is 2. The van der Waals surface area contributed by atoms with Crippen molar-refractivity contribution in [1.82, 2.24) is 0 Å². The number of ether oxygens (including phenoxy) is 2. The van der Waals surface area contributed by atoms with E-state index in [9.17, 15) is 9.59 Å². The molecular weight excluding hydrogens is 244 g/mol. The number of carbonyl (C=O) groups is 2. The SMILES string of the molecule is O=C1CCC(CCCCCCCC2CCC(=O)O2)O1. The largest absolute Gasteiger partial charge is 0.462 e. The Morgan fingerprint density at radius 1 is 0.737 bits per heavy atom. The molecular formula is C15H24O4. The van der Waals surface area contributed by atoms with Gasteiger partial charge in [0.05, 0.1) is 0 Å². The van der Waals surface area contributed by atoms with Crippen molar-refractivity contribution in [3.8, 4) is 0 Å². The summed E-state index contributed by atoms with van der Waals surface area (Å²) in [6.45, 7) is 0. The number of rotatable bonds is 8. The van der Waals surface area contributed by atoms with Gasteiger partial charge in [0.1, 0.15) is 12.2 Å². The van der Waals surface area contributed by atoms with Crippen LogP contribution in [-0.2, 0) is 19.1 Å². The fourth-order valence-corrected chi connectivity index (χ4v) is 2.85. The molecule has 108 valence electrons. The number of carbonyl (C=O) groups excluding carboxylic acids is 2. The maximum atomic E-state index is 10.9. The molecule has 2 heterocycles. The van der Waals surface area contributed by atoms with Crippen LogP contribution in [0.1, 0.15) is 70.6 Å². The molecule has 0 N–H and O–H groups in total. The summed E-state index contributed by atoms with van der Waals surface area (Å²) in [6, 6.07) is 0. The fraction of sp³-hybridized carbons (Fsp3) is 0.867. The van der Waals surface area contributed by atoms with E-state index in [2.05, 4.69) is 0 Å². The second kappa shape index (κ2) is 7.51. The average Bonchev–Trinajstić information content (AvgIpc) is 2.97. The zero-order valence-corrected chi connectivity index (χ0v) is 11.6. The second-order valence-electron chi connectivity index (χ2n) is 5.65. The van der Waals surface area contributed by atoms with Crippen molar-refractivity contribution in [1.29, 1.82) is 0 Å². The van der Waals surface area contributed by atoms with E-state index in [1.807, 2.05) is 0 Å². The van der Waals surface area contributed by atoms with E-state index in [4.69, 9.17) is 9.47 Å². The van der Waals surface area contributed by atoms with Gasteiger partial charge < -0.3 is 9.47 Å². The molecule has 0 aromatic carbocycles. The predicted molar refractivity (Wildman–Crippen MR) is 70.5 cm³/mol. The quantitative estimate of drug-likeness (QED) is 0.501. The third-order valence-electron chi connectivity index (χ3n) is 3.99. The minimum Gasteiger partial charge on any atom is -0.462 e. The molecule has 2 unspecified atom stereocenters. The van der Waals surface area contributed by atoms with E-state index in [0.717, 1.165) is 38.5 Å². The summed E-state index contributed by atoms with van der Waals surface area (Å²) in [7, 11) is 0. The zero-order valence-electron chi connectivity index (χ0n) is 11.6. The van der Waals surface area contributed by atoms with Gasteiger partial charge >= 0.3 is 11.9 Å². The predicted octanol–water partition coefficient (Wildman–Crippen LogP) is 3.13. The third-order valence-corrected chi connectivity index (χ3v) is 3.99. The standard InChI is InChI=1S/C15H24O4/c16-14-10-8-12(18-14)6-4-2-1-3-5-7-13-9-11-15(17)19-13/h12-13H,1-11H2. The smallest absolute Gasteiger partial charge is 0.306 e. The lowest BCUT2D eigenvalue weighted by atomic mass is 10.0. The van der Waals surface area contributed by atoms with E-state index >= 15 is 0 Å². The highest BCUT2D eigenvalue weighted by Gasteiger charge is 2.23. The molecule has 2 aliphatic rings. The lowest BCUT2D eigenvalue weighted by Gasteiger charge is -2.09. The molecule has 2 fully saturated rings. The van der Waals surface area contributed by atoms with Crippen LogP contribution < -0.4 is 0 Å². The Kier molecular flexibility index (Phi) is 5.67. The highest BCUT2D eigenvalue weighted by molar-refractivity contribution is 5.71. The Hall–Kier alpha value is -1.06. The lowest BCUT2D eigenvalue weighted by Crippen LogP contribution is -2.06. The highest BCUT2D eigenvalue weighted by atomic mass is 16.6. The minimum absolute atomic E-state index is 0.0314. The lowest BCUT2D eigenvalue weighted by molar-refractivity contribution is -0.142. The molecule has 2 atom stereocenters. The Labute approximate surface area is 114 Å². The first-order valence-corrected chi connectivity index (χ1v) is 7.63. The van der Waals surface area contributed by atoms with Gasteiger partial charge in [-0.25, -0.2) is 0 Å². The van der Waals surface area contributed by atoms with E-state index in [1.54, 1.807) is 0 Å². The summed E-state index contributed by atoms with van der Waals surface area (Å²) < 4.78 is 10.4. The molecule has 2 saturated heterocycles. The molecule has 0 aromatic heterocycles. The van der Waals surface area contributed by atoms with Crippen LogP contribution in [0.5, 0.6) is 0 Å². The fourth-order valence-electron chi connectivity index (χ4n) is 2.85. The van der Waals surface area contributed by atoms with E-state index in [-0.39, 0.29) is 24.1 Å². The van der Waals surface area contributed by atoms with Crippen LogP contribution in [0.25, 0.3) is 0 Å². The Morgan fingerprint density at radius 3 is 1.53 bits per heavy atom. The first-order chi connectivity index (χ1) is 9.24. The molecule has 0 aliphatic carbocycles. The van der Waals surface area contributed by atoms with Crippen LogP contribution >= 0.6 is 0 Å². The topological polar surface area (TPSA) is 52.6 Å². The Balaban J connectivity index is 1.38. The van der Waals surface area contributed by atoms with Crippen LogP contribution in [0, 0.1) is 0 Å². The van der Waals surface area contributed by atoms with Gasteiger partial charge in [-0.2, -0.15) is 0 Å². The van der Waals surface area contributed by atoms with E-state index in [1.165, 1.54) is 19.3 Å². The van der Waals surface area contributed by atoms with Crippen molar-refractivity contribution >= 4 is 11.9 Å². The maximum absolute atomic E-state index is 10.9. The van der Waals surface area contributed by atoms with Gasteiger partial charge in [-0.15, -0.1) is 0 Å². The molecule has 0 aromatic rings. The van der Waals surface area contributed by atoms with Crippen molar-refractivity contribution in [3.63, 3.8) is 0 Å². The molecule has 4 heteroatoms. The number of cyclic esters (lactones) is 2. The molecule has 0 radical (unpaired) electrons. The van der Waals surface area contributed by atoms with Crippen LogP contribution in [0.2, 0.25) is 0 Å². The van der Waals surface area contributed by atoms with Crippen molar-refractivity contribution in [2.24, 2.45) is 0 Å². The second-order valence-corrected chi connectivity index (χ2v) is 5.65. The molecule has 0 saturated carbocycles. The van der Waals surface area contributed by atoms with E-state index in [0.29, 0.717) is 12.8 Å². The molecule has 19 heavy (non-hydrogen) atoms. The zero-order chi connectivity index (χ0) is 13.5. The maximum Gasteiger partial charge on any atom is 0.306 e. The summed E-state index contributed by atoms with van der Waals surface area (Å²) in [5, 5.41) is 0. The van der Waals surface area contributed by atoms with Crippen LogP contribution in [0.4, 0.5) is 0 Å². The highest BCUT2D eigenvalue weighted by Crippen LogP contribution is 2.21. The molecule has 2 rings (SSSR count). The number of hydrogen-bond donors (Lipinski definition) is 0. The van der Waals surface area contributed by atoms with Crippen molar-refractivity contribution in [3.05, 3.63) is 0 Å². The Morgan fingerprint density at radius 2 is 1.16 bits per heavy atom. The first kappa shape index (κ1) is 14.4. The summed E-state index contributed by atoms with van der Waals surface area (Å²) in [4.78, 5) is 21.8.